The highest BCUT2D eigenvalue weighted by atomic mass is 32.2. The predicted octanol–water partition coefficient (Wildman–Crippen LogP) is 2.87. The van der Waals surface area contributed by atoms with Crippen molar-refractivity contribution >= 4 is 39.3 Å². The van der Waals surface area contributed by atoms with E-state index in [0.717, 1.165) is 11.4 Å². The minimum Gasteiger partial charge on any atom is -0.422 e. The quantitative estimate of drug-likeness (QED) is 0.382. The number of fused-ring (bicyclic) bond motifs is 1. The van der Waals surface area contributed by atoms with Crippen molar-refractivity contribution in [2.45, 2.75) is 13.8 Å². The third kappa shape index (κ3) is 3.14. The van der Waals surface area contributed by atoms with Gasteiger partial charge in [0.1, 0.15) is 5.58 Å². The molecule has 3 aromatic rings. The minimum absolute atomic E-state index is 0.0768. The fourth-order valence-corrected chi connectivity index (χ4v) is 3.66. The van der Waals surface area contributed by atoms with Gasteiger partial charge in [0.25, 0.3) is 5.69 Å². The zero-order chi connectivity index (χ0) is 19.1. The second-order valence-electron chi connectivity index (χ2n) is 5.98. The molecule has 0 fully saturated rings. The van der Waals surface area contributed by atoms with Crippen molar-refractivity contribution in [1.29, 1.82) is 0 Å². The van der Waals surface area contributed by atoms with Gasteiger partial charge in [0.15, 0.2) is 0 Å². The second kappa shape index (κ2) is 6.47. The number of nitro groups is 1. The molecule has 0 radical (unpaired) electrons. The van der Waals surface area contributed by atoms with Gasteiger partial charge in [0, 0.05) is 29.0 Å². The second-order valence-corrected chi connectivity index (χ2v) is 6.93. The molecule has 0 N–H and O–H groups in total. The maximum Gasteiger partial charge on any atom is 0.345 e. The summed E-state index contributed by atoms with van der Waals surface area (Å²) in [6.07, 6.45) is 0. The van der Waals surface area contributed by atoms with Gasteiger partial charge >= 0.3 is 5.63 Å². The SMILES string of the molecule is Cc1cc(C)n(C2=NN=C(c3cc4cc([N+](=O)[O-])ccc4oc3=O)CS2)n1. The average molecular weight is 383 g/mol. The van der Waals surface area contributed by atoms with Crippen LogP contribution in [0.4, 0.5) is 5.69 Å². The number of nitrogens with zero attached hydrogens (tertiary/aromatic N) is 5. The lowest BCUT2D eigenvalue weighted by molar-refractivity contribution is -0.384. The summed E-state index contributed by atoms with van der Waals surface area (Å²) < 4.78 is 6.98. The Balaban J connectivity index is 1.76. The van der Waals surface area contributed by atoms with Gasteiger partial charge in [0.2, 0.25) is 5.17 Å². The Labute approximate surface area is 156 Å². The molecule has 2 aromatic heterocycles. The molecule has 0 bridgehead atoms. The highest BCUT2D eigenvalue weighted by molar-refractivity contribution is 8.14. The van der Waals surface area contributed by atoms with Gasteiger partial charge in [-0.2, -0.15) is 10.2 Å². The standard InChI is InChI=1S/C17H13N5O4S/c1-9-5-10(2)21(20-9)17-19-18-14(8-27-17)13-7-11-6-12(22(24)25)3-4-15(11)26-16(13)23/h3-7H,8H2,1-2H3. The smallest absolute Gasteiger partial charge is 0.345 e. The van der Waals surface area contributed by atoms with Crippen LogP contribution in [0.1, 0.15) is 17.0 Å². The van der Waals surface area contributed by atoms with E-state index in [0.29, 0.717) is 22.0 Å². The maximum atomic E-state index is 12.3. The lowest BCUT2D eigenvalue weighted by atomic mass is 10.1. The topological polar surface area (TPSA) is 116 Å². The van der Waals surface area contributed by atoms with Crippen LogP contribution in [0.3, 0.4) is 0 Å². The summed E-state index contributed by atoms with van der Waals surface area (Å²) in [4.78, 5) is 22.8. The van der Waals surface area contributed by atoms with Gasteiger partial charge in [0.05, 0.1) is 21.9 Å². The molecule has 27 heavy (non-hydrogen) atoms. The van der Waals surface area contributed by atoms with E-state index < -0.39 is 10.5 Å². The number of rotatable bonds is 2. The number of hydrogen-bond donors (Lipinski definition) is 0. The maximum absolute atomic E-state index is 12.3. The third-order valence-corrected chi connectivity index (χ3v) is 4.95. The lowest BCUT2D eigenvalue weighted by Crippen LogP contribution is -2.22. The lowest BCUT2D eigenvalue weighted by Gasteiger charge is -2.12. The monoisotopic (exact) mass is 383 g/mol. The molecule has 9 nitrogen and oxygen atoms in total. The Bertz CT molecular complexity index is 1210. The van der Waals surface area contributed by atoms with E-state index >= 15 is 0 Å². The first-order valence-corrected chi connectivity index (χ1v) is 8.94. The van der Waals surface area contributed by atoms with Crippen molar-refractivity contribution in [2.24, 2.45) is 10.2 Å². The Kier molecular flexibility index (Phi) is 4.11. The molecule has 136 valence electrons. The first-order valence-electron chi connectivity index (χ1n) is 7.96. The van der Waals surface area contributed by atoms with Gasteiger partial charge < -0.3 is 4.42 Å². The van der Waals surface area contributed by atoms with E-state index in [1.807, 2.05) is 19.9 Å². The number of non-ortho nitro benzene ring substituents is 1. The number of hydrogen-bond acceptors (Lipinski definition) is 8. The van der Waals surface area contributed by atoms with E-state index in [9.17, 15) is 14.9 Å². The highest BCUT2D eigenvalue weighted by Crippen LogP contribution is 2.22. The Hall–Kier alpha value is -3.27. The summed E-state index contributed by atoms with van der Waals surface area (Å²) in [5.74, 6) is 0.405. The summed E-state index contributed by atoms with van der Waals surface area (Å²) in [7, 11) is 0. The molecular formula is C17H13N5O4S. The molecule has 0 saturated heterocycles. The van der Waals surface area contributed by atoms with Crippen molar-refractivity contribution in [3.05, 3.63) is 67.8 Å². The van der Waals surface area contributed by atoms with Crippen LogP contribution >= 0.6 is 11.8 Å². The summed E-state index contributed by atoms with van der Waals surface area (Å²) >= 11 is 1.40. The minimum atomic E-state index is -0.555. The van der Waals surface area contributed by atoms with Crippen molar-refractivity contribution in [1.82, 2.24) is 9.78 Å². The largest absolute Gasteiger partial charge is 0.422 e. The van der Waals surface area contributed by atoms with E-state index in [1.165, 1.54) is 30.0 Å². The van der Waals surface area contributed by atoms with Gasteiger partial charge in [-0.05, 0) is 32.0 Å². The van der Waals surface area contributed by atoms with E-state index in [2.05, 4.69) is 15.3 Å². The third-order valence-electron chi connectivity index (χ3n) is 4.02. The highest BCUT2D eigenvalue weighted by Gasteiger charge is 2.20. The number of aromatic nitrogens is 2. The molecule has 0 atom stereocenters. The van der Waals surface area contributed by atoms with Crippen molar-refractivity contribution in [3.8, 4) is 0 Å². The normalized spacial score (nSPS) is 14.1. The van der Waals surface area contributed by atoms with Crippen molar-refractivity contribution in [2.75, 3.05) is 5.75 Å². The van der Waals surface area contributed by atoms with Crippen LogP contribution in [0.5, 0.6) is 0 Å². The van der Waals surface area contributed by atoms with Crippen LogP contribution in [-0.2, 0) is 0 Å². The summed E-state index contributed by atoms with van der Waals surface area (Å²) in [6, 6.07) is 7.56. The molecule has 0 unspecified atom stereocenters. The van der Waals surface area contributed by atoms with Crippen LogP contribution in [0.15, 0.2) is 49.7 Å². The Morgan fingerprint density at radius 2 is 2.04 bits per heavy atom. The first-order chi connectivity index (χ1) is 12.9. The van der Waals surface area contributed by atoms with Crippen LogP contribution in [-0.4, -0.2) is 31.3 Å². The molecule has 0 saturated carbocycles. The summed E-state index contributed by atoms with van der Waals surface area (Å²) in [6.45, 7) is 3.82. The Morgan fingerprint density at radius 1 is 1.22 bits per heavy atom. The number of benzene rings is 1. The van der Waals surface area contributed by atoms with Crippen LogP contribution in [0, 0.1) is 24.0 Å². The first kappa shape index (κ1) is 17.2. The van der Waals surface area contributed by atoms with Crippen molar-refractivity contribution in [3.63, 3.8) is 0 Å². The van der Waals surface area contributed by atoms with Crippen molar-refractivity contribution < 1.29 is 9.34 Å². The van der Waals surface area contributed by atoms with Gasteiger partial charge in [-0.25, -0.2) is 9.48 Å². The molecule has 10 heteroatoms. The average Bonchev–Trinajstić information content (AvgIpc) is 2.99. The molecule has 3 heterocycles. The zero-order valence-corrected chi connectivity index (χ0v) is 15.2. The molecule has 1 aliphatic heterocycles. The Morgan fingerprint density at radius 3 is 2.67 bits per heavy atom. The zero-order valence-electron chi connectivity index (χ0n) is 14.4. The number of nitro benzene ring substituents is 1. The molecule has 4 rings (SSSR count). The van der Waals surface area contributed by atoms with E-state index in [4.69, 9.17) is 4.42 Å². The van der Waals surface area contributed by atoms with Crippen LogP contribution in [0.2, 0.25) is 0 Å². The van der Waals surface area contributed by atoms with E-state index in [-0.39, 0.29) is 16.8 Å². The molecule has 0 spiro atoms. The van der Waals surface area contributed by atoms with Gasteiger partial charge in [-0.1, -0.05) is 11.8 Å². The fourth-order valence-electron chi connectivity index (χ4n) is 2.78. The number of aryl methyl sites for hydroxylation is 2. The molecule has 1 aromatic carbocycles. The predicted molar refractivity (Wildman–Crippen MR) is 103 cm³/mol. The van der Waals surface area contributed by atoms with Crippen LogP contribution < -0.4 is 5.63 Å². The summed E-state index contributed by atoms with van der Waals surface area (Å²) in [5.41, 5.74) is 2.16. The molecule has 0 aliphatic carbocycles. The van der Waals surface area contributed by atoms with E-state index in [1.54, 1.807) is 10.7 Å². The molecule has 1 aliphatic rings. The fraction of sp³-hybridized carbons (Fsp3) is 0.176. The van der Waals surface area contributed by atoms with Gasteiger partial charge in [-0.3, -0.25) is 10.1 Å². The summed E-state index contributed by atoms with van der Waals surface area (Å²) in [5, 5.41) is 24.7. The molecule has 0 amide bonds. The number of thioether (sulfide) groups is 1. The van der Waals surface area contributed by atoms with Gasteiger partial charge in [-0.15, -0.1) is 5.10 Å². The van der Waals surface area contributed by atoms with Crippen LogP contribution in [0.25, 0.3) is 11.0 Å². The molecular weight excluding hydrogens is 370 g/mol.